The van der Waals surface area contributed by atoms with Gasteiger partial charge in [-0.15, -0.1) is 0 Å². The fraction of sp³-hybridized carbons (Fsp3) is 0.462. The van der Waals surface area contributed by atoms with Gasteiger partial charge in [0, 0.05) is 18.8 Å². The van der Waals surface area contributed by atoms with E-state index in [1.54, 1.807) is 0 Å². The molecule has 0 atom stereocenters. The zero-order chi connectivity index (χ0) is 13.0. The van der Waals surface area contributed by atoms with E-state index in [2.05, 4.69) is 21.2 Å². The molecular formula is C13H17BrN2O2. The third-order valence-corrected chi connectivity index (χ3v) is 3.50. The molecule has 5 heteroatoms. The second-order valence-corrected chi connectivity index (χ2v) is 5.06. The first-order chi connectivity index (χ1) is 8.70. The van der Waals surface area contributed by atoms with E-state index in [1.165, 1.54) is 0 Å². The van der Waals surface area contributed by atoms with Crippen molar-refractivity contribution in [1.82, 2.24) is 4.90 Å². The van der Waals surface area contributed by atoms with Crippen molar-refractivity contribution in [2.75, 3.05) is 25.0 Å². The lowest BCUT2D eigenvalue weighted by molar-refractivity contribution is 0.222. The molecule has 1 aromatic carbocycles. The lowest BCUT2D eigenvalue weighted by Gasteiger charge is -2.16. The molecule has 2 rings (SSSR count). The molecule has 1 fully saturated rings. The van der Waals surface area contributed by atoms with Crippen LogP contribution < -0.4 is 10.1 Å². The summed E-state index contributed by atoms with van der Waals surface area (Å²) in [4.78, 5) is 13.7. The highest BCUT2D eigenvalue weighted by atomic mass is 79.9. The molecule has 98 valence electrons. The Kier molecular flexibility index (Phi) is 4.47. The minimum Gasteiger partial charge on any atom is -0.493 e. The number of ether oxygens (including phenoxy) is 1. The first-order valence-electron chi connectivity index (χ1n) is 6.19. The van der Waals surface area contributed by atoms with Gasteiger partial charge in [0.1, 0.15) is 5.75 Å². The summed E-state index contributed by atoms with van der Waals surface area (Å²) >= 11 is 3.43. The molecular weight excluding hydrogens is 296 g/mol. The van der Waals surface area contributed by atoms with E-state index in [0.29, 0.717) is 6.61 Å². The van der Waals surface area contributed by atoms with Crippen molar-refractivity contribution in [3.8, 4) is 5.75 Å². The molecule has 1 N–H and O–H groups in total. The van der Waals surface area contributed by atoms with Crippen molar-refractivity contribution in [1.29, 1.82) is 0 Å². The third-order valence-electron chi connectivity index (χ3n) is 2.88. The lowest BCUT2D eigenvalue weighted by atomic mass is 10.3. The zero-order valence-corrected chi connectivity index (χ0v) is 12.0. The van der Waals surface area contributed by atoms with Crippen LogP contribution in [0.15, 0.2) is 22.7 Å². The Morgan fingerprint density at radius 2 is 2.17 bits per heavy atom. The molecule has 4 nitrogen and oxygen atoms in total. The minimum absolute atomic E-state index is 0.0245. The smallest absolute Gasteiger partial charge is 0.321 e. The normalized spacial score (nSPS) is 14.7. The SMILES string of the molecule is CCOc1ccc(NC(=O)N2CCCC2)cc1Br. The van der Waals surface area contributed by atoms with Crippen LogP contribution in [-0.2, 0) is 0 Å². The first-order valence-corrected chi connectivity index (χ1v) is 6.98. The molecule has 1 saturated heterocycles. The van der Waals surface area contributed by atoms with Crippen LogP contribution in [0.25, 0.3) is 0 Å². The number of halogens is 1. The van der Waals surface area contributed by atoms with Crippen molar-refractivity contribution in [3.05, 3.63) is 22.7 Å². The average Bonchev–Trinajstić information content (AvgIpc) is 2.86. The number of anilines is 1. The number of urea groups is 1. The Morgan fingerprint density at radius 1 is 1.44 bits per heavy atom. The number of amides is 2. The first kappa shape index (κ1) is 13.2. The monoisotopic (exact) mass is 312 g/mol. The number of nitrogens with one attached hydrogen (secondary N) is 1. The summed E-state index contributed by atoms with van der Waals surface area (Å²) in [7, 11) is 0. The standard InChI is InChI=1S/C13H17BrN2O2/c1-2-18-12-6-5-10(9-11(12)14)15-13(17)16-7-3-4-8-16/h5-6,9H,2-4,7-8H2,1H3,(H,15,17). The molecule has 18 heavy (non-hydrogen) atoms. The summed E-state index contributed by atoms with van der Waals surface area (Å²) in [6, 6.07) is 5.54. The predicted molar refractivity (Wildman–Crippen MR) is 75.1 cm³/mol. The second kappa shape index (κ2) is 6.09. The molecule has 0 bridgehead atoms. The topological polar surface area (TPSA) is 41.6 Å². The van der Waals surface area contributed by atoms with Gasteiger partial charge < -0.3 is 15.0 Å². The summed E-state index contributed by atoms with van der Waals surface area (Å²) in [5.74, 6) is 0.789. The van der Waals surface area contributed by atoms with Crippen LogP contribution in [0, 0.1) is 0 Å². The lowest BCUT2D eigenvalue weighted by Crippen LogP contribution is -2.32. The molecule has 0 unspecified atom stereocenters. The van der Waals surface area contributed by atoms with Crippen LogP contribution in [0.3, 0.4) is 0 Å². The third kappa shape index (κ3) is 3.16. The average molecular weight is 313 g/mol. The number of carbonyl (C=O) groups excluding carboxylic acids is 1. The van der Waals surface area contributed by atoms with Crippen molar-refractivity contribution in [2.45, 2.75) is 19.8 Å². The quantitative estimate of drug-likeness (QED) is 0.928. The second-order valence-electron chi connectivity index (χ2n) is 4.20. The van der Waals surface area contributed by atoms with Crippen molar-refractivity contribution < 1.29 is 9.53 Å². The van der Waals surface area contributed by atoms with Crippen LogP contribution in [0.5, 0.6) is 5.75 Å². The number of rotatable bonds is 3. The summed E-state index contributed by atoms with van der Waals surface area (Å²) in [5.41, 5.74) is 0.780. The molecule has 1 aliphatic rings. The van der Waals surface area contributed by atoms with Crippen LogP contribution in [0.1, 0.15) is 19.8 Å². The van der Waals surface area contributed by atoms with Gasteiger partial charge in [0.05, 0.1) is 11.1 Å². The Labute approximate surface area is 115 Å². The highest BCUT2D eigenvalue weighted by Gasteiger charge is 2.17. The largest absolute Gasteiger partial charge is 0.493 e. The fourth-order valence-electron chi connectivity index (χ4n) is 1.97. The Morgan fingerprint density at radius 3 is 2.78 bits per heavy atom. The maximum absolute atomic E-state index is 11.9. The van der Waals surface area contributed by atoms with E-state index in [9.17, 15) is 4.79 Å². The molecule has 0 radical (unpaired) electrons. The zero-order valence-electron chi connectivity index (χ0n) is 10.4. The summed E-state index contributed by atoms with van der Waals surface area (Å²) in [5, 5.41) is 2.90. The van der Waals surface area contributed by atoms with Gasteiger partial charge in [-0.1, -0.05) is 0 Å². The predicted octanol–water partition coefficient (Wildman–Crippen LogP) is 3.48. The molecule has 1 aromatic rings. The number of benzene rings is 1. The number of carbonyl (C=O) groups is 1. The Hall–Kier alpha value is -1.23. The van der Waals surface area contributed by atoms with Crippen molar-refractivity contribution in [3.63, 3.8) is 0 Å². The van der Waals surface area contributed by atoms with Crippen LogP contribution in [0.2, 0.25) is 0 Å². The van der Waals surface area contributed by atoms with Gasteiger partial charge in [0.15, 0.2) is 0 Å². The van der Waals surface area contributed by atoms with E-state index < -0.39 is 0 Å². The number of hydrogen-bond donors (Lipinski definition) is 1. The number of hydrogen-bond acceptors (Lipinski definition) is 2. The van der Waals surface area contributed by atoms with Gasteiger partial charge in [-0.2, -0.15) is 0 Å². The Balaban J connectivity index is 2.00. The van der Waals surface area contributed by atoms with Gasteiger partial charge in [-0.25, -0.2) is 4.79 Å². The summed E-state index contributed by atoms with van der Waals surface area (Å²) in [6.07, 6.45) is 2.20. The number of likely N-dealkylation sites (tertiary alicyclic amines) is 1. The van der Waals surface area contributed by atoms with Gasteiger partial charge in [0.2, 0.25) is 0 Å². The van der Waals surface area contributed by atoms with Crippen LogP contribution in [0.4, 0.5) is 10.5 Å². The number of nitrogens with zero attached hydrogens (tertiary/aromatic N) is 1. The fourth-order valence-corrected chi connectivity index (χ4v) is 2.47. The highest BCUT2D eigenvalue weighted by molar-refractivity contribution is 9.10. The van der Waals surface area contributed by atoms with Crippen LogP contribution in [-0.4, -0.2) is 30.6 Å². The highest BCUT2D eigenvalue weighted by Crippen LogP contribution is 2.28. The molecule has 0 spiro atoms. The Bertz CT molecular complexity index is 431. The van der Waals surface area contributed by atoms with Gasteiger partial charge >= 0.3 is 6.03 Å². The van der Waals surface area contributed by atoms with Gasteiger partial charge in [0.25, 0.3) is 0 Å². The van der Waals surface area contributed by atoms with Gasteiger partial charge in [-0.3, -0.25) is 0 Å². The summed E-state index contributed by atoms with van der Waals surface area (Å²) in [6.45, 7) is 4.27. The van der Waals surface area contributed by atoms with E-state index in [1.807, 2.05) is 30.0 Å². The molecule has 0 aromatic heterocycles. The maximum Gasteiger partial charge on any atom is 0.321 e. The van der Waals surface area contributed by atoms with E-state index >= 15 is 0 Å². The minimum atomic E-state index is -0.0245. The summed E-state index contributed by atoms with van der Waals surface area (Å²) < 4.78 is 6.28. The van der Waals surface area contributed by atoms with E-state index in [0.717, 1.165) is 41.8 Å². The van der Waals surface area contributed by atoms with Crippen molar-refractivity contribution >= 4 is 27.6 Å². The maximum atomic E-state index is 11.9. The van der Waals surface area contributed by atoms with Crippen molar-refractivity contribution in [2.24, 2.45) is 0 Å². The molecule has 1 heterocycles. The van der Waals surface area contributed by atoms with E-state index in [4.69, 9.17) is 4.74 Å². The molecule has 1 aliphatic heterocycles. The van der Waals surface area contributed by atoms with E-state index in [-0.39, 0.29) is 6.03 Å². The molecule has 2 amide bonds. The van der Waals surface area contributed by atoms with Crippen LogP contribution >= 0.6 is 15.9 Å². The molecule has 0 aliphatic carbocycles. The molecule has 0 saturated carbocycles. The van der Waals surface area contributed by atoms with Gasteiger partial charge in [-0.05, 0) is 53.9 Å².